The van der Waals surface area contributed by atoms with Crippen LogP contribution in [0.5, 0.6) is 11.8 Å². The summed E-state index contributed by atoms with van der Waals surface area (Å²) in [5, 5.41) is 7.47. The molecule has 0 unspecified atom stereocenters. The second-order valence-electron chi connectivity index (χ2n) is 7.89. The van der Waals surface area contributed by atoms with Crippen molar-refractivity contribution in [3.8, 4) is 28.8 Å². The maximum atomic E-state index is 12.5. The van der Waals surface area contributed by atoms with Crippen molar-refractivity contribution >= 4 is 11.6 Å². The Bertz CT molecular complexity index is 1230. The van der Waals surface area contributed by atoms with Gasteiger partial charge in [-0.25, -0.2) is 4.68 Å². The number of hydrogen-bond donors (Lipinski definition) is 1. The number of nitrogens with one attached hydrogen (secondary N) is 1. The van der Waals surface area contributed by atoms with E-state index in [2.05, 4.69) is 15.4 Å². The summed E-state index contributed by atoms with van der Waals surface area (Å²) < 4.78 is 12.6. The molecular formula is C26H26N4O3. The highest BCUT2D eigenvalue weighted by atomic mass is 16.5. The van der Waals surface area contributed by atoms with Gasteiger partial charge in [-0.15, -0.1) is 5.10 Å². The first-order valence-corrected chi connectivity index (χ1v) is 10.7. The lowest BCUT2D eigenvalue weighted by atomic mass is 10.1. The first kappa shape index (κ1) is 22.1. The van der Waals surface area contributed by atoms with Gasteiger partial charge in [0.2, 0.25) is 0 Å². The zero-order valence-electron chi connectivity index (χ0n) is 19.1. The van der Waals surface area contributed by atoms with E-state index in [1.165, 1.54) is 5.56 Å². The van der Waals surface area contributed by atoms with E-state index in [1.807, 2.05) is 69.3 Å². The van der Waals surface area contributed by atoms with Gasteiger partial charge in [0.25, 0.3) is 5.91 Å². The minimum absolute atomic E-state index is 0.0396. The van der Waals surface area contributed by atoms with Crippen LogP contribution in [-0.2, 0) is 0 Å². The Morgan fingerprint density at radius 3 is 2.21 bits per heavy atom. The lowest BCUT2D eigenvalue weighted by Gasteiger charge is -2.09. The Hall–Kier alpha value is -4.13. The SMILES string of the molecule is COc1ccc(C(=O)Nc2ccc(-n3nc(OC(C)C)nc3-c3ccc(C)cc3)cc2)cc1. The summed E-state index contributed by atoms with van der Waals surface area (Å²) >= 11 is 0. The number of nitrogens with zero attached hydrogens (tertiary/aromatic N) is 3. The number of ether oxygens (including phenoxy) is 2. The number of benzene rings is 3. The van der Waals surface area contributed by atoms with Gasteiger partial charge in [0.05, 0.1) is 18.9 Å². The number of anilines is 1. The quantitative estimate of drug-likeness (QED) is 0.421. The number of carbonyl (C=O) groups is 1. The summed E-state index contributed by atoms with van der Waals surface area (Å²) in [7, 11) is 1.59. The van der Waals surface area contributed by atoms with Crippen LogP contribution in [-0.4, -0.2) is 33.9 Å². The van der Waals surface area contributed by atoms with Gasteiger partial charge >= 0.3 is 6.01 Å². The van der Waals surface area contributed by atoms with E-state index in [4.69, 9.17) is 9.47 Å². The molecule has 4 aromatic rings. The second kappa shape index (κ2) is 9.56. The van der Waals surface area contributed by atoms with Crippen molar-refractivity contribution < 1.29 is 14.3 Å². The third-order valence-corrected chi connectivity index (χ3v) is 4.96. The van der Waals surface area contributed by atoms with Crippen LogP contribution in [0.15, 0.2) is 72.8 Å². The largest absolute Gasteiger partial charge is 0.497 e. The molecule has 1 heterocycles. The smallest absolute Gasteiger partial charge is 0.336 e. The molecule has 0 radical (unpaired) electrons. The van der Waals surface area contributed by atoms with Crippen molar-refractivity contribution in [2.75, 3.05) is 12.4 Å². The van der Waals surface area contributed by atoms with E-state index < -0.39 is 0 Å². The molecule has 3 aromatic carbocycles. The van der Waals surface area contributed by atoms with Gasteiger partial charge in [-0.1, -0.05) is 29.8 Å². The van der Waals surface area contributed by atoms with E-state index in [0.29, 0.717) is 28.8 Å². The Morgan fingerprint density at radius 2 is 1.61 bits per heavy atom. The zero-order valence-corrected chi connectivity index (χ0v) is 19.1. The summed E-state index contributed by atoms with van der Waals surface area (Å²) in [5.41, 5.74) is 4.13. The number of methoxy groups -OCH3 is 1. The number of amides is 1. The van der Waals surface area contributed by atoms with Crippen LogP contribution in [0.3, 0.4) is 0 Å². The molecule has 0 bridgehead atoms. The van der Waals surface area contributed by atoms with Gasteiger partial charge in [-0.2, -0.15) is 4.98 Å². The summed E-state index contributed by atoms with van der Waals surface area (Å²) in [6, 6.07) is 22.8. The van der Waals surface area contributed by atoms with E-state index in [-0.39, 0.29) is 12.0 Å². The van der Waals surface area contributed by atoms with Gasteiger partial charge in [0, 0.05) is 16.8 Å². The van der Waals surface area contributed by atoms with Crippen LogP contribution >= 0.6 is 0 Å². The van der Waals surface area contributed by atoms with Crippen molar-refractivity contribution in [2.45, 2.75) is 26.9 Å². The normalized spacial score (nSPS) is 10.8. The van der Waals surface area contributed by atoms with Gasteiger partial charge in [-0.3, -0.25) is 4.79 Å². The number of hydrogen-bond acceptors (Lipinski definition) is 5. The Balaban J connectivity index is 1.59. The van der Waals surface area contributed by atoms with Crippen molar-refractivity contribution in [3.05, 3.63) is 83.9 Å². The zero-order chi connectivity index (χ0) is 23.4. The van der Waals surface area contributed by atoms with Gasteiger partial charge in [0.15, 0.2) is 5.82 Å². The molecule has 4 rings (SSSR count). The minimum Gasteiger partial charge on any atom is -0.497 e. The molecule has 0 saturated carbocycles. The van der Waals surface area contributed by atoms with Crippen LogP contribution in [0.4, 0.5) is 5.69 Å². The first-order valence-electron chi connectivity index (χ1n) is 10.7. The number of rotatable bonds is 7. The summed E-state index contributed by atoms with van der Waals surface area (Å²) in [6.45, 7) is 5.92. The van der Waals surface area contributed by atoms with E-state index in [0.717, 1.165) is 11.3 Å². The molecule has 1 aromatic heterocycles. The highest BCUT2D eigenvalue weighted by Gasteiger charge is 2.16. The molecule has 0 aliphatic carbocycles. The highest BCUT2D eigenvalue weighted by molar-refractivity contribution is 6.04. The van der Waals surface area contributed by atoms with Crippen molar-refractivity contribution in [1.29, 1.82) is 0 Å². The molecule has 0 atom stereocenters. The van der Waals surface area contributed by atoms with Gasteiger partial charge in [0.1, 0.15) is 5.75 Å². The topological polar surface area (TPSA) is 78.3 Å². The molecule has 7 nitrogen and oxygen atoms in total. The summed E-state index contributed by atoms with van der Waals surface area (Å²) in [5.74, 6) is 1.19. The predicted octanol–water partition coefficient (Wildman–Crippen LogP) is 5.29. The molecule has 0 fully saturated rings. The van der Waals surface area contributed by atoms with Gasteiger partial charge in [-0.05, 0) is 69.3 Å². The van der Waals surface area contributed by atoms with Crippen molar-refractivity contribution in [3.63, 3.8) is 0 Å². The number of aryl methyl sites for hydroxylation is 1. The van der Waals surface area contributed by atoms with Crippen LogP contribution in [0.25, 0.3) is 17.1 Å². The third-order valence-electron chi connectivity index (χ3n) is 4.96. The minimum atomic E-state index is -0.195. The van der Waals surface area contributed by atoms with Crippen LogP contribution < -0.4 is 14.8 Å². The Morgan fingerprint density at radius 1 is 0.939 bits per heavy atom. The standard InChI is InChI=1S/C26H26N4O3/c1-17(2)33-26-28-24(19-7-5-18(3)6-8-19)30(29-26)22-13-11-21(12-14-22)27-25(31)20-9-15-23(32-4)16-10-20/h5-17H,1-4H3,(H,27,31). The lowest BCUT2D eigenvalue weighted by molar-refractivity contribution is 0.102. The highest BCUT2D eigenvalue weighted by Crippen LogP contribution is 2.25. The van der Waals surface area contributed by atoms with Crippen molar-refractivity contribution in [1.82, 2.24) is 14.8 Å². The van der Waals surface area contributed by atoms with Crippen LogP contribution in [0.1, 0.15) is 29.8 Å². The molecule has 0 aliphatic rings. The Labute approximate surface area is 193 Å². The fourth-order valence-electron chi connectivity index (χ4n) is 3.26. The predicted molar refractivity (Wildman–Crippen MR) is 128 cm³/mol. The molecule has 7 heteroatoms. The molecule has 33 heavy (non-hydrogen) atoms. The van der Waals surface area contributed by atoms with Crippen LogP contribution in [0.2, 0.25) is 0 Å². The van der Waals surface area contributed by atoms with Crippen LogP contribution in [0, 0.1) is 6.92 Å². The molecular weight excluding hydrogens is 416 g/mol. The molecule has 168 valence electrons. The average Bonchev–Trinajstić information content (AvgIpc) is 3.23. The molecule has 0 saturated heterocycles. The maximum absolute atomic E-state index is 12.5. The lowest BCUT2D eigenvalue weighted by Crippen LogP contribution is -2.11. The summed E-state index contributed by atoms with van der Waals surface area (Å²) in [6.07, 6.45) is -0.0396. The number of carbonyl (C=O) groups excluding carboxylic acids is 1. The second-order valence-corrected chi connectivity index (χ2v) is 7.89. The van der Waals surface area contributed by atoms with Gasteiger partial charge < -0.3 is 14.8 Å². The van der Waals surface area contributed by atoms with E-state index >= 15 is 0 Å². The van der Waals surface area contributed by atoms with E-state index in [9.17, 15) is 4.79 Å². The third kappa shape index (κ3) is 5.20. The average molecular weight is 443 g/mol. The number of aromatic nitrogens is 3. The molecule has 0 spiro atoms. The summed E-state index contributed by atoms with van der Waals surface area (Å²) in [4.78, 5) is 17.1. The fourth-order valence-corrected chi connectivity index (χ4v) is 3.26. The monoisotopic (exact) mass is 442 g/mol. The van der Waals surface area contributed by atoms with E-state index in [1.54, 1.807) is 36.1 Å². The first-order chi connectivity index (χ1) is 15.9. The maximum Gasteiger partial charge on any atom is 0.336 e. The molecule has 0 aliphatic heterocycles. The molecule has 1 amide bonds. The fraction of sp³-hybridized carbons (Fsp3) is 0.192. The molecule has 1 N–H and O–H groups in total. The van der Waals surface area contributed by atoms with Crippen molar-refractivity contribution in [2.24, 2.45) is 0 Å². The Kier molecular flexibility index (Phi) is 6.40.